The molecule has 0 aliphatic rings. The molecule has 2 aromatic carbocycles. The number of rotatable bonds is 30. The number of nitrogens with zero attached hydrogens (tertiary/aromatic N) is 1. The molecular formula is C42H61NO8. The minimum absolute atomic E-state index is 0.0887. The number of unbranched alkanes of at least 4 members (excludes halogenated alkanes) is 10. The highest BCUT2D eigenvalue weighted by atomic mass is 16.6. The summed E-state index contributed by atoms with van der Waals surface area (Å²) >= 11 is 0. The van der Waals surface area contributed by atoms with Gasteiger partial charge in [0.1, 0.15) is 25.1 Å². The van der Waals surface area contributed by atoms with Crippen molar-refractivity contribution in [1.29, 1.82) is 5.26 Å². The molecule has 0 fully saturated rings. The van der Waals surface area contributed by atoms with Crippen LogP contribution >= 0.6 is 0 Å². The largest absolute Gasteiger partial charge is 0.466 e. The molecule has 51 heavy (non-hydrogen) atoms. The fourth-order valence-electron chi connectivity index (χ4n) is 5.77. The molecule has 9 nitrogen and oxygen atoms in total. The van der Waals surface area contributed by atoms with Crippen LogP contribution in [0.25, 0.3) is 0 Å². The van der Waals surface area contributed by atoms with Gasteiger partial charge in [-0.1, -0.05) is 107 Å². The second kappa shape index (κ2) is 28.8. The smallest absolute Gasteiger partial charge is 0.332 e. The second-order valence-corrected chi connectivity index (χ2v) is 13.3. The molecule has 2 aromatic rings. The molecule has 0 unspecified atom stereocenters. The van der Waals surface area contributed by atoms with Crippen molar-refractivity contribution in [1.82, 2.24) is 0 Å². The summed E-state index contributed by atoms with van der Waals surface area (Å²) in [6.07, 6.45) is 19.9. The molecule has 282 valence electrons. The maximum absolute atomic E-state index is 12.5. The standard InChI is InChI=1S/C42H61NO8/c1-3-4-5-12-19-39(51-42(46)33-47-32-41(45)49-31-16-18-37-26-28-38(29-27-37)50-34-43)20-13-10-8-6-7-9-11-14-21-40(44)48-30-15-17-36-24-22-35(2)23-25-36/h22-29,39H,3-21,30-33H2,1-2H3/t39-/m1/s1. The van der Waals surface area contributed by atoms with Crippen LogP contribution in [0.15, 0.2) is 48.5 Å². The van der Waals surface area contributed by atoms with E-state index in [0.717, 1.165) is 95.5 Å². The summed E-state index contributed by atoms with van der Waals surface area (Å²) < 4.78 is 26.4. The Bertz CT molecular complexity index is 1260. The minimum Gasteiger partial charge on any atom is -0.466 e. The van der Waals surface area contributed by atoms with Gasteiger partial charge < -0.3 is 23.7 Å². The average molecular weight is 708 g/mol. The fourth-order valence-corrected chi connectivity index (χ4v) is 5.77. The van der Waals surface area contributed by atoms with Crippen molar-refractivity contribution in [2.75, 3.05) is 26.4 Å². The van der Waals surface area contributed by atoms with Crippen molar-refractivity contribution >= 4 is 17.9 Å². The molecule has 0 aromatic heterocycles. The maximum atomic E-state index is 12.5. The lowest BCUT2D eigenvalue weighted by Gasteiger charge is -2.18. The van der Waals surface area contributed by atoms with E-state index in [1.807, 2.05) is 12.1 Å². The third-order valence-electron chi connectivity index (χ3n) is 8.73. The van der Waals surface area contributed by atoms with E-state index in [-0.39, 0.29) is 31.9 Å². The molecular weight excluding hydrogens is 646 g/mol. The summed E-state index contributed by atoms with van der Waals surface area (Å²) in [4.78, 5) is 36.5. The predicted octanol–water partition coefficient (Wildman–Crippen LogP) is 9.31. The highest BCUT2D eigenvalue weighted by Crippen LogP contribution is 2.18. The normalized spacial score (nSPS) is 11.4. The van der Waals surface area contributed by atoms with E-state index in [4.69, 9.17) is 28.9 Å². The summed E-state index contributed by atoms with van der Waals surface area (Å²) in [6.45, 7) is 4.42. The molecule has 0 spiro atoms. The molecule has 0 aliphatic heterocycles. The molecule has 0 saturated carbocycles. The van der Waals surface area contributed by atoms with Gasteiger partial charge in [0.2, 0.25) is 0 Å². The van der Waals surface area contributed by atoms with Crippen LogP contribution in [0.1, 0.15) is 133 Å². The van der Waals surface area contributed by atoms with Gasteiger partial charge in [0.05, 0.1) is 13.2 Å². The first-order valence-corrected chi connectivity index (χ1v) is 19.2. The number of aryl methyl sites for hydroxylation is 3. The van der Waals surface area contributed by atoms with Crippen LogP contribution < -0.4 is 4.74 Å². The molecule has 0 saturated heterocycles. The molecule has 1 atom stereocenters. The summed E-state index contributed by atoms with van der Waals surface area (Å²) in [6, 6.07) is 15.7. The van der Waals surface area contributed by atoms with E-state index in [2.05, 4.69) is 38.1 Å². The van der Waals surface area contributed by atoms with Crippen molar-refractivity contribution in [2.45, 2.75) is 142 Å². The number of carbonyl (C=O) groups excluding carboxylic acids is 3. The van der Waals surface area contributed by atoms with Crippen LogP contribution in [0.2, 0.25) is 0 Å². The maximum Gasteiger partial charge on any atom is 0.332 e. The molecule has 9 heteroatoms. The van der Waals surface area contributed by atoms with Gasteiger partial charge in [0, 0.05) is 6.42 Å². The highest BCUT2D eigenvalue weighted by Gasteiger charge is 2.15. The highest BCUT2D eigenvalue weighted by molar-refractivity contribution is 5.73. The monoisotopic (exact) mass is 707 g/mol. The minimum atomic E-state index is -0.514. The van der Waals surface area contributed by atoms with E-state index in [1.165, 1.54) is 24.0 Å². The lowest BCUT2D eigenvalue weighted by molar-refractivity contribution is -0.159. The second-order valence-electron chi connectivity index (χ2n) is 13.3. The van der Waals surface area contributed by atoms with Crippen LogP contribution in [0.4, 0.5) is 0 Å². The van der Waals surface area contributed by atoms with Gasteiger partial charge in [-0.3, -0.25) is 4.79 Å². The summed E-state index contributed by atoms with van der Waals surface area (Å²) in [5.74, 6) is -0.564. The fraction of sp³-hybridized carbons (Fsp3) is 0.619. The number of hydrogen-bond acceptors (Lipinski definition) is 9. The van der Waals surface area contributed by atoms with Gasteiger partial charge >= 0.3 is 17.9 Å². The van der Waals surface area contributed by atoms with Crippen molar-refractivity contribution in [3.05, 3.63) is 65.2 Å². The van der Waals surface area contributed by atoms with Crippen LogP contribution in [-0.2, 0) is 46.2 Å². The molecule has 0 radical (unpaired) electrons. The first-order chi connectivity index (χ1) is 24.9. The third kappa shape index (κ3) is 23.2. The van der Waals surface area contributed by atoms with Crippen molar-refractivity contribution in [2.24, 2.45) is 0 Å². The van der Waals surface area contributed by atoms with Crippen molar-refractivity contribution in [3.8, 4) is 12.0 Å². The number of nitriles is 1. The van der Waals surface area contributed by atoms with Gasteiger partial charge in [-0.25, -0.2) is 9.59 Å². The topological polar surface area (TPSA) is 121 Å². The number of ether oxygens (including phenoxy) is 5. The Morgan fingerprint density at radius 2 is 1.14 bits per heavy atom. The van der Waals surface area contributed by atoms with Gasteiger partial charge in [-0.2, -0.15) is 0 Å². The first kappa shape index (κ1) is 43.3. The molecule has 0 aliphatic carbocycles. The summed E-state index contributed by atoms with van der Waals surface area (Å²) in [5.41, 5.74) is 3.58. The quantitative estimate of drug-likeness (QED) is 0.0338. The van der Waals surface area contributed by atoms with Crippen LogP contribution in [0.5, 0.6) is 5.75 Å². The number of carbonyl (C=O) groups is 3. The molecule has 0 N–H and O–H groups in total. The zero-order chi connectivity index (χ0) is 36.8. The van der Waals surface area contributed by atoms with Crippen LogP contribution in [0, 0.1) is 18.4 Å². The van der Waals surface area contributed by atoms with E-state index < -0.39 is 11.9 Å². The summed E-state index contributed by atoms with van der Waals surface area (Å²) in [7, 11) is 0. The van der Waals surface area contributed by atoms with Gasteiger partial charge in [0.15, 0.2) is 0 Å². The Labute approximate surface area is 306 Å². The predicted molar refractivity (Wildman–Crippen MR) is 198 cm³/mol. The van der Waals surface area contributed by atoms with Gasteiger partial charge in [-0.05, 0) is 88.0 Å². The Morgan fingerprint density at radius 1 is 0.627 bits per heavy atom. The number of esters is 3. The molecule has 2 rings (SSSR count). The number of hydrogen-bond donors (Lipinski definition) is 0. The van der Waals surface area contributed by atoms with E-state index in [9.17, 15) is 14.4 Å². The molecule has 0 bridgehead atoms. The lowest BCUT2D eigenvalue weighted by Crippen LogP contribution is -2.24. The van der Waals surface area contributed by atoms with E-state index in [1.54, 1.807) is 18.4 Å². The van der Waals surface area contributed by atoms with Crippen LogP contribution in [-0.4, -0.2) is 50.4 Å². The Hall–Kier alpha value is -3.90. The van der Waals surface area contributed by atoms with Crippen molar-refractivity contribution in [3.63, 3.8) is 0 Å². The zero-order valence-corrected chi connectivity index (χ0v) is 31.2. The van der Waals surface area contributed by atoms with Gasteiger partial charge in [0.25, 0.3) is 6.26 Å². The zero-order valence-electron chi connectivity index (χ0n) is 31.2. The van der Waals surface area contributed by atoms with Gasteiger partial charge in [-0.15, -0.1) is 5.26 Å². The first-order valence-electron chi connectivity index (χ1n) is 19.2. The Kier molecular flexibility index (Phi) is 24.4. The Morgan fingerprint density at radius 3 is 1.73 bits per heavy atom. The third-order valence-corrected chi connectivity index (χ3v) is 8.73. The molecule has 0 amide bonds. The summed E-state index contributed by atoms with van der Waals surface area (Å²) in [5, 5.41) is 8.55. The average Bonchev–Trinajstić information content (AvgIpc) is 3.12. The van der Waals surface area contributed by atoms with Crippen molar-refractivity contribution < 1.29 is 38.1 Å². The number of benzene rings is 2. The van der Waals surface area contributed by atoms with E-state index >= 15 is 0 Å². The van der Waals surface area contributed by atoms with Crippen LogP contribution in [0.3, 0.4) is 0 Å². The Balaban J connectivity index is 1.48. The SMILES string of the molecule is CCCCCC[C@H](CCCCCCCCCCC(=O)OCCCc1ccc(C)cc1)OC(=O)COCC(=O)OCCCc1ccc(OC#N)cc1. The van der Waals surface area contributed by atoms with E-state index in [0.29, 0.717) is 31.6 Å². The lowest BCUT2D eigenvalue weighted by atomic mass is 10.0. The molecule has 0 heterocycles.